The number of nitrogens with one attached hydrogen (secondary N) is 2. The summed E-state index contributed by atoms with van der Waals surface area (Å²) in [7, 11) is 4.03. The van der Waals surface area contributed by atoms with E-state index in [1.54, 1.807) is 0 Å². The molecule has 0 unspecified atom stereocenters. The monoisotopic (exact) mass is 401 g/mol. The first-order valence-electron chi connectivity index (χ1n) is 9.20. The standard InChI is InChI=1S/C21H27N3O3S/c1-21(2,11-13-5-7-14(8-6-13)24(3)4)22-12-18(26)16-9-15(25)10-17-19(16)28-20(27)23-17/h5-10,18,22,25-26H,11-12H2,1-4H3,(H,23,27)/t18-/m1/s1. The lowest BCUT2D eigenvalue weighted by Gasteiger charge is -2.28. The van der Waals surface area contributed by atoms with E-state index in [4.69, 9.17) is 0 Å². The van der Waals surface area contributed by atoms with Crippen molar-refractivity contribution < 1.29 is 10.2 Å². The first-order valence-corrected chi connectivity index (χ1v) is 10.0. The van der Waals surface area contributed by atoms with Crippen molar-refractivity contribution in [1.82, 2.24) is 10.3 Å². The number of aromatic nitrogens is 1. The maximum atomic E-state index is 11.6. The Morgan fingerprint density at radius 3 is 2.54 bits per heavy atom. The molecular weight excluding hydrogens is 374 g/mol. The number of aliphatic hydroxyl groups excluding tert-OH is 1. The fourth-order valence-corrected chi connectivity index (χ4v) is 4.16. The summed E-state index contributed by atoms with van der Waals surface area (Å²) in [5, 5.41) is 24.0. The summed E-state index contributed by atoms with van der Waals surface area (Å²) in [4.78, 5) is 16.2. The highest BCUT2D eigenvalue weighted by Gasteiger charge is 2.22. The molecule has 0 fully saturated rings. The van der Waals surface area contributed by atoms with Crippen molar-refractivity contribution in [3.63, 3.8) is 0 Å². The number of hydrogen-bond donors (Lipinski definition) is 4. The number of thiazole rings is 1. The van der Waals surface area contributed by atoms with Crippen LogP contribution in [-0.2, 0) is 6.42 Å². The van der Waals surface area contributed by atoms with Crippen molar-refractivity contribution >= 4 is 27.2 Å². The maximum Gasteiger partial charge on any atom is 0.305 e. The quantitative estimate of drug-likeness (QED) is 0.489. The zero-order valence-corrected chi connectivity index (χ0v) is 17.4. The summed E-state index contributed by atoms with van der Waals surface area (Å²) in [6.45, 7) is 4.49. The van der Waals surface area contributed by atoms with Crippen molar-refractivity contribution in [3.8, 4) is 5.75 Å². The predicted molar refractivity (Wildman–Crippen MR) is 116 cm³/mol. The molecule has 0 saturated heterocycles. The summed E-state index contributed by atoms with van der Waals surface area (Å²) in [5.41, 5.74) is 3.23. The molecule has 6 nitrogen and oxygen atoms in total. The molecule has 0 bridgehead atoms. The largest absolute Gasteiger partial charge is 0.508 e. The summed E-state index contributed by atoms with van der Waals surface area (Å²) in [6, 6.07) is 11.4. The van der Waals surface area contributed by atoms with Crippen LogP contribution in [0.5, 0.6) is 5.75 Å². The molecule has 2 aromatic carbocycles. The number of aromatic hydroxyl groups is 1. The Balaban J connectivity index is 1.69. The fraction of sp³-hybridized carbons (Fsp3) is 0.381. The average Bonchev–Trinajstić information content (AvgIpc) is 2.99. The smallest absolute Gasteiger partial charge is 0.305 e. The number of β-amino-alcohol motifs (C(OH)–C–C–N with tert-alkyl or cyclic N) is 1. The van der Waals surface area contributed by atoms with E-state index >= 15 is 0 Å². The molecule has 0 aliphatic carbocycles. The van der Waals surface area contributed by atoms with Crippen LogP contribution in [0.1, 0.15) is 31.1 Å². The van der Waals surface area contributed by atoms with Crippen LogP contribution in [0, 0.1) is 0 Å². The molecule has 1 heterocycles. The van der Waals surface area contributed by atoms with Gasteiger partial charge in [0.25, 0.3) is 0 Å². The van der Waals surface area contributed by atoms with Gasteiger partial charge < -0.3 is 25.4 Å². The number of phenols is 1. The number of aromatic amines is 1. The number of nitrogens with zero attached hydrogens (tertiary/aromatic N) is 1. The molecule has 1 atom stereocenters. The lowest BCUT2D eigenvalue weighted by molar-refractivity contribution is 0.162. The molecule has 1 aromatic heterocycles. The van der Waals surface area contributed by atoms with Gasteiger partial charge in [0.1, 0.15) is 5.75 Å². The number of benzene rings is 2. The minimum atomic E-state index is -0.837. The van der Waals surface area contributed by atoms with Crippen molar-refractivity contribution in [1.29, 1.82) is 0 Å². The van der Waals surface area contributed by atoms with Gasteiger partial charge in [-0.15, -0.1) is 0 Å². The third kappa shape index (κ3) is 4.73. The van der Waals surface area contributed by atoms with E-state index in [2.05, 4.69) is 53.3 Å². The second kappa shape index (κ2) is 7.95. The number of anilines is 1. The van der Waals surface area contributed by atoms with Crippen LogP contribution >= 0.6 is 11.3 Å². The van der Waals surface area contributed by atoms with Crippen LogP contribution in [-0.4, -0.2) is 41.4 Å². The number of rotatable bonds is 7. The highest BCUT2D eigenvalue weighted by molar-refractivity contribution is 7.16. The highest BCUT2D eigenvalue weighted by Crippen LogP contribution is 2.30. The maximum absolute atomic E-state index is 11.6. The number of aliphatic hydroxyl groups is 1. The van der Waals surface area contributed by atoms with Crippen LogP contribution in [0.15, 0.2) is 41.2 Å². The molecule has 28 heavy (non-hydrogen) atoms. The zero-order chi connectivity index (χ0) is 20.5. The molecular formula is C21H27N3O3S. The summed E-state index contributed by atoms with van der Waals surface area (Å²) in [5.74, 6) is 0.0239. The minimum Gasteiger partial charge on any atom is -0.508 e. The topological polar surface area (TPSA) is 88.6 Å². The van der Waals surface area contributed by atoms with Gasteiger partial charge >= 0.3 is 4.87 Å². The van der Waals surface area contributed by atoms with Crippen LogP contribution in [0.2, 0.25) is 0 Å². The Labute approximate surface area is 168 Å². The van der Waals surface area contributed by atoms with Crippen LogP contribution in [0.25, 0.3) is 10.2 Å². The highest BCUT2D eigenvalue weighted by atomic mass is 32.1. The lowest BCUT2D eigenvalue weighted by Crippen LogP contribution is -2.43. The van der Waals surface area contributed by atoms with Crippen molar-refractivity contribution in [2.45, 2.75) is 31.9 Å². The van der Waals surface area contributed by atoms with Gasteiger partial charge in [-0.3, -0.25) is 4.79 Å². The van der Waals surface area contributed by atoms with Crippen molar-refractivity contribution in [3.05, 3.63) is 57.2 Å². The molecule has 0 aliphatic heterocycles. The van der Waals surface area contributed by atoms with Gasteiger partial charge in [0, 0.05) is 43.5 Å². The van der Waals surface area contributed by atoms with E-state index in [0.29, 0.717) is 22.3 Å². The number of H-pyrrole nitrogens is 1. The molecule has 4 N–H and O–H groups in total. The van der Waals surface area contributed by atoms with Gasteiger partial charge in [0.2, 0.25) is 0 Å². The molecule has 0 aliphatic rings. The van der Waals surface area contributed by atoms with Crippen molar-refractivity contribution in [2.75, 3.05) is 25.5 Å². The van der Waals surface area contributed by atoms with Crippen LogP contribution in [0.3, 0.4) is 0 Å². The minimum absolute atomic E-state index is 0.0239. The average molecular weight is 402 g/mol. The molecule has 0 radical (unpaired) electrons. The molecule has 7 heteroatoms. The second-order valence-electron chi connectivity index (χ2n) is 7.94. The summed E-state index contributed by atoms with van der Waals surface area (Å²) >= 11 is 1.04. The van der Waals surface area contributed by atoms with Gasteiger partial charge in [-0.1, -0.05) is 23.5 Å². The third-order valence-corrected chi connectivity index (χ3v) is 5.71. The van der Waals surface area contributed by atoms with E-state index in [9.17, 15) is 15.0 Å². The van der Waals surface area contributed by atoms with E-state index in [1.807, 2.05) is 14.1 Å². The van der Waals surface area contributed by atoms with E-state index in [0.717, 1.165) is 23.4 Å². The molecule has 0 saturated carbocycles. The van der Waals surface area contributed by atoms with Crippen LogP contribution < -0.4 is 15.1 Å². The Kier molecular flexibility index (Phi) is 5.79. The number of phenolic OH excluding ortho intramolecular Hbond substituents is 1. The fourth-order valence-electron chi connectivity index (χ4n) is 3.29. The Morgan fingerprint density at radius 1 is 1.21 bits per heavy atom. The number of fused-ring (bicyclic) bond motifs is 1. The summed E-state index contributed by atoms with van der Waals surface area (Å²) in [6.07, 6.45) is -0.0307. The van der Waals surface area contributed by atoms with Gasteiger partial charge in [0.05, 0.1) is 16.3 Å². The van der Waals surface area contributed by atoms with Gasteiger partial charge in [-0.25, -0.2) is 0 Å². The Morgan fingerprint density at radius 2 is 1.89 bits per heavy atom. The van der Waals surface area contributed by atoms with Crippen LogP contribution in [0.4, 0.5) is 5.69 Å². The SMILES string of the molecule is CN(C)c1ccc(CC(C)(C)NC[C@@H](O)c2cc(O)cc3[nH]c(=O)sc23)cc1. The van der Waals surface area contributed by atoms with E-state index in [1.165, 1.54) is 17.7 Å². The molecule has 0 amide bonds. The van der Waals surface area contributed by atoms with Gasteiger partial charge in [0.15, 0.2) is 0 Å². The normalized spacial score (nSPS) is 13.0. The molecule has 3 aromatic rings. The molecule has 0 spiro atoms. The summed E-state index contributed by atoms with van der Waals surface area (Å²) < 4.78 is 0.675. The van der Waals surface area contributed by atoms with Gasteiger partial charge in [-0.2, -0.15) is 0 Å². The van der Waals surface area contributed by atoms with E-state index in [-0.39, 0.29) is 16.2 Å². The molecule has 3 rings (SSSR count). The predicted octanol–water partition coefficient (Wildman–Crippen LogP) is 3.01. The zero-order valence-electron chi connectivity index (χ0n) is 16.6. The first kappa shape index (κ1) is 20.4. The number of hydrogen-bond acceptors (Lipinski definition) is 6. The third-order valence-electron chi connectivity index (χ3n) is 4.77. The van der Waals surface area contributed by atoms with Crippen molar-refractivity contribution in [2.24, 2.45) is 0 Å². The first-order chi connectivity index (χ1) is 13.1. The van der Waals surface area contributed by atoms with E-state index < -0.39 is 6.10 Å². The van der Waals surface area contributed by atoms with Gasteiger partial charge in [-0.05, 0) is 44.0 Å². The Bertz CT molecular complexity index is 1010. The second-order valence-corrected chi connectivity index (χ2v) is 8.93. The molecule has 150 valence electrons. The Hall–Kier alpha value is -2.35. The lowest BCUT2D eigenvalue weighted by atomic mass is 9.94.